The first-order valence-corrected chi connectivity index (χ1v) is 5.84. The van der Waals surface area contributed by atoms with E-state index in [0.29, 0.717) is 5.92 Å². The topological polar surface area (TPSA) is 32.7 Å². The van der Waals surface area contributed by atoms with E-state index < -0.39 is 0 Å². The van der Waals surface area contributed by atoms with Crippen LogP contribution in [0.4, 0.5) is 0 Å². The van der Waals surface area contributed by atoms with Crippen LogP contribution < -0.4 is 0 Å². The third-order valence-electron chi connectivity index (χ3n) is 3.43. The molecule has 0 amide bonds. The van der Waals surface area contributed by atoms with Crippen LogP contribution in [0.3, 0.4) is 0 Å². The van der Waals surface area contributed by atoms with Crippen molar-refractivity contribution in [3.05, 3.63) is 0 Å². The van der Waals surface area contributed by atoms with Gasteiger partial charge in [-0.05, 0) is 25.2 Å². The zero-order chi connectivity index (χ0) is 9.80. The molecule has 1 aliphatic carbocycles. The molecule has 14 heavy (non-hydrogen) atoms. The molecule has 2 fully saturated rings. The van der Waals surface area contributed by atoms with Crippen molar-refractivity contribution in [2.45, 2.75) is 31.8 Å². The number of nitrogens with zero attached hydrogens (tertiary/aromatic N) is 1. The van der Waals surface area contributed by atoms with Gasteiger partial charge >= 0.3 is 0 Å². The van der Waals surface area contributed by atoms with Gasteiger partial charge < -0.3 is 14.7 Å². The van der Waals surface area contributed by atoms with Gasteiger partial charge in [0.25, 0.3) is 0 Å². The lowest BCUT2D eigenvalue weighted by molar-refractivity contribution is 0.0968. The summed E-state index contributed by atoms with van der Waals surface area (Å²) < 4.78 is 5.41. The number of hydrogen-bond donors (Lipinski definition) is 1. The van der Waals surface area contributed by atoms with Crippen LogP contribution in [0.5, 0.6) is 0 Å². The van der Waals surface area contributed by atoms with Crippen molar-refractivity contribution in [2.75, 3.05) is 32.8 Å². The summed E-state index contributed by atoms with van der Waals surface area (Å²) in [4.78, 5) is 2.45. The van der Waals surface area contributed by atoms with Crippen molar-refractivity contribution in [2.24, 2.45) is 5.92 Å². The summed E-state index contributed by atoms with van der Waals surface area (Å²) in [6.07, 6.45) is 4.52. The molecule has 0 aromatic heterocycles. The van der Waals surface area contributed by atoms with Gasteiger partial charge in [0.2, 0.25) is 0 Å². The molecule has 2 aliphatic rings. The fourth-order valence-electron chi connectivity index (χ4n) is 2.54. The number of ether oxygens (including phenoxy) is 1. The van der Waals surface area contributed by atoms with E-state index in [4.69, 9.17) is 4.74 Å². The Hall–Kier alpha value is -0.120. The normalized spacial score (nSPS) is 35.8. The van der Waals surface area contributed by atoms with Gasteiger partial charge in [-0.1, -0.05) is 6.42 Å². The standard InChI is InChI=1S/C11H21NO2/c13-11-4-1-3-10(11)9-12-5-2-7-14-8-6-12/h10-11,13H,1-9H2. The minimum absolute atomic E-state index is 0.0424. The Morgan fingerprint density at radius 1 is 1.14 bits per heavy atom. The summed E-state index contributed by atoms with van der Waals surface area (Å²) in [5.41, 5.74) is 0. The van der Waals surface area contributed by atoms with Crippen LogP contribution in [-0.2, 0) is 4.74 Å². The molecule has 2 unspecified atom stereocenters. The van der Waals surface area contributed by atoms with Crippen LogP contribution in [0.25, 0.3) is 0 Å². The molecule has 1 heterocycles. The van der Waals surface area contributed by atoms with E-state index in [1.54, 1.807) is 0 Å². The molecule has 82 valence electrons. The van der Waals surface area contributed by atoms with E-state index in [2.05, 4.69) is 4.90 Å². The van der Waals surface area contributed by atoms with E-state index in [1.807, 2.05) is 0 Å². The van der Waals surface area contributed by atoms with Gasteiger partial charge in [0.05, 0.1) is 12.7 Å². The van der Waals surface area contributed by atoms with Crippen LogP contribution in [0, 0.1) is 5.92 Å². The Labute approximate surface area is 86.0 Å². The smallest absolute Gasteiger partial charge is 0.0593 e. The van der Waals surface area contributed by atoms with Crippen molar-refractivity contribution in [1.29, 1.82) is 0 Å². The molecule has 1 aliphatic heterocycles. The summed E-state index contributed by atoms with van der Waals surface area (Å²) in [7, 11) is 0. The van der Waals surface area contributed by atoms with E-state index in [-0.39, 0.29) is 6.10 Å². The summed E-state index contributed by atoms with van der Waals surface area (Å²) in [5.74, 6) is 0.521. The molecule has 2 rings (SSSR count). The lowest BCUT2D eigenvalue weighted by Crippen LogP contribution is -2.34. The molecule has 1 saturated carbocycles. The summed E-state index contributed by atoms with van der Waals surface area (Å²) in [6.45, 7) is 5.03. The van der Waals surface area contributed by atoms with Crippen molar-refractivity contribution < 1.29 is 9.84 Å². The predicted molar refractivity (Wildman–Crippen MR) is 55.2 cm³/mol. The quantitative estimate of drug-likeness (QED) is 0.716. The van der Waals surface area contributed by atoms with Gasteiger partial charge in [0.15, 0.2) is 0 Å². The summed E-state index contributed by atoms with van der Waals surface area (Å²) in [5, 5.41) is 9.73. The second-order valence-electron chi connectivity index (χ2n) is 4.52. The number of hydrogen-bond acceptors (Lipinski definition) is 3. The maximum atomic E-state index is 9.73. The third kappa shape index (κ3) is 2.69. The van der Waals surface area contributed by atoms with E-state index >= 15 is 0 Å². The minimum atomic E-state index is -0.0424. The van der Waals surface area contributed by atoms with Crippen molar-refractivity contribution in [1.82, 2.24) is 4.90 Å². The van der Waals surface area contributed by atoms with Gasteiger partial charge in [-0.15, -0.1) is 0 Å². The maximum Gasteiger partial charge on any atom is 0.0593 e. The number of rotatable bonds is 2. The fraction of sp³-hybridized carbons (Fsp3) is 1.00. The highest BCUT2D eigenvalue weighted by Gasteiger charge is 2.27. The van der Waals surface area contributed by atoms with E-state index in [0.717, 1.165) is 45.7 Å². The largest absolute Gasteiger partial charge is 0.393 e. The van der Waals surface area contributed by atoms with Crippen LogP contribution in [0.2, 0.25) is 0 Å². The third-order valence-corrected chi connectivity index (χ3v) is 3.43. The Kier molecular flexibility index (Phi) is 3.79. The highest BCUT2D eigenvalue weighted by atomic mass is 16.5. The summed E-state index contributed by atoms with van der Waals surface area (Å²) >= 11 is 0. The average molecular weight is 199 g/mol. The van der Waals surface area contributed by atoms with Crippen LogP contribution in [0.15, 0.2) is 0 Å². The number of aliphatic hydroxyl groups is 1. The summed E-state index contributed by atoms with van der Waals surface area (Å²) in [6, 6.07) is 0. The van der Waals surface area contributed by atoms with Crippen molar-refractivity contribution >= 4 is 0 Å². The monoisotopic (exact) mass is 199 g/mol. The fourth-order valence-corrected chi connectivity index (χ4v) is 2.54. The molecule has 3 heteroatoms. The molecule has 3 nitrogen and oxygen atoms in total. The highest BCUT2D eigenvalue weighted by Crippen LogP contribution is 2.26. The van der Waals surface area contributed by atoms with E-state index in [9.17, 15) is 5.11 Å². The number of aliphatic hydroxyl groups excluding tert-OH is 1. The molecule has 1 saturated heterocycles. The maximum absolute atomic E-state index is 9.73. The van der Waals surface area contributed by atoms with Gasteiger partial charge in [-0.2, -0.15) is 0 Å². The molecule has 2 atom stereocenters. The first-order chi connectivity index (χ1) is 6.86. The first kappa shape index (κ1) is 10.4. The second kappa shape index (κ2) is 5.10. The molecule has 0 spiro atoms. The zero-order valence-electron chi connectivity index (χ0n) is 8.82. The Balaban J connectivity index is 1.77. The minimum Gasteiger partial charge on any atom is -0.393 e. The highest BCUT2D eigenvalue weighted by molar-refractivity contribution is 4.79. The molecule has 0 bridgehead atoms. The predicted octanol–water partition coefficient (Wildman–Crippen LogP) is 0.870. The molecular formula is C11H21NO2. The lowest BCUT2D eigenvalue weighted by atomic mass is 10.1. The molecule has 0 radical (unpaired) electrons. The second-order valence-corrected chi connectivity index (χ2v) is 4.52. The van der Waals surface area contributed by atoms with Crippen molar-refractivity contribution in [3.63, 3.8) is 0 Å². The van der Waals surface area contributed by atoms with Crippen LogP contribution in [0.1, 0.15) is 25.7 Å². The van der Waals surface area contributed by atoms with E-state index in [1.165, 1.54) is 12.8 Å². The molecule has 0 aromatic rings. The molecule has 0 aromatic carbocycles. The van der Waals surface area contributed by atoms with Crippen LogP contribution >= 0.6 is 0 Å². The Morgan fingerprint density at radius 3 is 2.86 bits per heavy atom. The SMILES string of the molecule is OC1CCCC1CN1CCCOCC1. The van der Waals surface area contributed by atoms with Crippen LogP contribution in [-0.4, -0.2) is 49.0 Å². The van der Waals surface area contributed by atoms with Gasteiger partial charge in [-0.3, -0.25) is 0 Å². The van der Waals surface area contributed by atoms with Gasteiger partial charge in [0.1, 0.15) is 0 Å². The molecule has 1 N–H and O–H groups in total. The Bertz CT molecular complexity index is 167. The lowest BCUT2D eigenvalue weighted by Gasteiger charge is -2.24. The molecular weight excluding hydrogens is 178 g/mol. The average Bonchev–Trinajstić information content (AvgIpc) is 2.44. The zero-order valence-corrected chi connectivity index (χ0v) is 8.82. The van der Waals surface area contributed by atoms with Gasteiger partial charge in [-0.25, -0.2) is 0 Å². The van der Waals surface area contributed by atoms with Crippen molar-refractivity contribution in [3.8, 4) is 0 Å². The Morgan fingerprint density at radius 2 is 2.07 bits per heavy atom. The van der Waals surface area contributed by atoms with Gasteiger partial charge in [0, 0.05) is 26.2 Å². The first-order valence-electron chi connectivity index (χ1n) is 5.84.